The second-order valence-electron chi connectivity index (χ2n) is 3.08. The number of rotatable bonds is 2. The van der Waals surface area contributed by atoms with Crippen molar-refractivity contribution in [2.24, 2.45) is 0 Å². The Bertz CT molecular complexity index is 523. The van der Waals surface area contributed by atoms with Gasteiger partial charge in [0.05, 0.1) is 0 Å². The van der Waals surface area contributed by atoms with Crippen molar-refractivity contribution in [3.8, 4) is 0 Å². The van der Waals surface area contributed by atoms with Crippen LogP contribution in [-0.4, -0.2) is 0 Å². The first-order valence-electron chi connectivity index (χ1n) is 4.44. The monoisotopic (exact) mass is 186 g/mol. The van der Waals surface area contributed by atoms with Crippen LogP contribution in [-0.2, 0) is 6.42 Å². The number of para-hydroxylation sites is 1. The van der Waals surface area contributed by atoms with Crippen LogP contribution in [0.25, 0.3) is 11.0 Å². The van der Waals surface area contributed by atoms with Gasteiger partial charge in [-0.25, -0.2) is 4.79 Å². The largest absolute Gasteiger partial charge is 0.423 e. The summed E-state index contributed by atoms with van der Waals surface area (Å²) in [5, 5.41) is 0.979. The molecule has 0 N–H and O–H groups in total. The summed E-state index contributed by atoms with van der Waals surface area (Å²) in [5.41, 5.74) is 1.30. The van der Waals surface area contributed by atoms with Gasteiger partial charge in [0.25, 0.3) is 0 Å². The molecule has 2 heteroatoms. The molecule has 1 aromatic heterocycles. The molecule has 2 nitrogen and oxygen atoms in total. The third-order valence-electron chi connectivity index (χ3n) is 2.10. The summed E-state index contributed by atoms with van der Waals surface area (Å²) in [5.74, 6) is 0. The van der Waals surface area contributed by atoms with Gasteiger partial charge < -0.3 is 4.42 Å². The second kappa shape index (κ2) is 3.50. The van der Waals surface area contributed by atoms with Crippen LogP contribution in [0.15, 0.2) is 52.2 Å². The molecule has 0 saturated heterocycles. The molecule has 2 aromatic rings. The Kier molecular flexibility index (Phi) is 2.19. The molecule has 1 heterocycles. The molecular formula is C12H10O2. The molecular weight excluding hydrogens is 176 g/mol. The van der Waals surface area contributed by atoms with Crippen LogP contribution in [0.3, 0.4) is 0 Å². The van der Waals surface area contributed by atoms with E-state index in [1.54, 1.807) is 12.1 Å². The molecule has 0 aliphatic carbocycles. The van der Waals surface area contributed by atoms with E-state index >= 15 is 0 Å². The normalized spacial score (nSPS) is 10.3. The predicted octanol–water partition coefficient (Wildman–Crippen LogP) is 2.52. The maximum absolute atomic E-state index is 11.2. The Morgan fingerprint density at radius 1 is 1.36 bits per heavy atom. The highest BCUT2D eigenvalue weighted by Gasteiger charge is 2.02. The molecule has 0 unspecified atom stereocenters. The van der Waals surface area contributed by atoms with E-state index in [9.17, 15) is 4.79 Å². The zero-order valence-electron chi connectivity index (χ0n) is 7.69. The summed E-state index contributed by atoms with van der Waals surface area (Å²) in [4.78, 5) is 11.2. The molecule has 14 heavy (non-hydrogen) atoms. The lowest BCUT2D eigenvalue weighted by molar-refractivity contribution is 0.559. The van der Waals surface area contributed by atoms with Crippen LogP contribution >= 0.6 is 0 Å². The molecule has 0 aliphatic heterocycles. The smallest absolute Gasteiger partial charge is 0.336 e. The Labute approximate surface area is 81.5 Å². The number of hydrogen-bond acceptors (Lipinski definition) is 2. The SMILES string of the molecule is C=CCc1cc(=O)oc2ccccc12. The molecule has 0 bridgehead atoms. The van der Waals surface area contributed by atoms with E-state index in [2.05, 4.69) is 6.58 Å². The predicted molar refractivity (Wildman–Crippen MR) is 56.4 cm³/mol. The zero-order valence-corrected chi connectivity index (χ0v) is 7.69. The molecule has 0 saturated carbocycles. The number of benzene rings is 1. The molecule has 1 aromatic carbocycles. The average molecular weight is 186 g/mol. The number of hydrogen-bond donors (Lipinski definition) is 0. The van der Waals surface area contributed by atoms with Crippen LogP contribution in [0.2, 0.25) is 0 Å². The minimum absolute atomic E-state index is 0.305. The van der Waals surface area contributed by atoms with E-state index in [0.717, 1.165) is 10.9 Å². The number of allylic oxidation sites excluding steroid dienone is 1. The van der Waals surface area contributed by atoms with Crippen molar-refractivity contribution in [3.05, 3.63) is 59.0 Å². The van der Waals surface area contributed by atoms with Crippen LogP contribution in [0, 0.1) is 0 Å². The van der Waals surface area contributed by atoms with Crippen molar-refractivity contribution in [1.82, 2.24) is 0 Å². The Morgan fingerprint density at radius 2 is 2.14 bits per heavy atom. The quantitative estimate of drug-likeness (QED) is 0.533. The van der Waals surface area contributed by atoms with E-state index in [4.69, 9.17) is 4.42 Å². The lowest BCUT2D eigenvalue weighted by Crippen LogP contribution is -1.99. The third kappa shape index (κ3) is 1.46. The van der Waals surface area contributed by atoms with E-state index in [1.807, 2.05) is 18.2 Å². The Morgan fingerprint density at radius 3 is 2.93 bits per heavy atom. The van der Waals surface area contributed by atoms with Crippen molar-refractivity contribution in [2.45, 2.75) is 6.42 Å². The fraction of sp³-hybridized carbons (Fsp3) is 0.0833. The maximum atomic E-state index is 11.2. The van der Waals surface area contributed by atoms with Gasteiger partial charge in [-0.2, -0.15) is 0 Å². The third-order valence-corrected chi connectivity index (χ3v) is 2.10. The first kappa shape index (κ1) is 8.75. The second-order valence-corrected chi connectivity index (χ2v) is 3.08. The zero-order chi connectivity index (χ0) is 9.97. The van der Waals surface area contributed by atoms with Crippen molar-refractivity contribution >= 4 is 11.0 Å². The van der Waals surface area contributed by atoms with Crippen LogP contribution < -0.4 is 5.63 Å². The summed E-state index contributed by atoms with van der Waals surface area (Å²) >= 11 is 0. The van der Waals surface area contributed by atoms with Gasteiger partial charge in [-0.1, -0.05) is 24.3 Å². The van der Waals surface area contributed by atoms with Gasteiger partial charge in [0.15, 0.2) is 0 Å². The van der Waals surface area contributed by atoms with Crippen molar-refractivity contribution in [1.29, 1.82) is 0 Å². The maximum Gasteiger partial charge on any atom is 0.336 e. The van der Waals surface area contributed by atoms with Crippen molar-refractivity contribution in [2.75, 3.05) is 0 Å². The van der Waals surface area contributed by atoms with Gasteiger partial charge in [-0.05, 0) is 18.1 Å². The molecule has 0 aliphatic rings. The highest BCUT2D eigenvalue weighted by atomic mass is 16.4. The van der Waals surface area contributed by atoms with Gasteiger partial charge >= 0.3 is 5.63 Å². The molecule has 0 spiro atoms. The summed E-state index contributed by atoms with van der Waals surface area (Å²) in [6.45, 7) is 3.66. The molecule has 0 fully saturated rings. The van der Waals surface area contributed by atoms with Crippen molar-refractivity contribution in [3.63, 3.8) is 0 Å². The highest BCUT2D eigenvalue weighted by Crippen LogP contribution is 2.16. The summed E-state index contributed by atoms with van der Waals surface area (Å²) in [6, 6.07) is 9.03. The Balaban J connectivity index is 2.79. The fourth-order valence-electron chi connectivity index (χ4n) is 1.50. The minimum Gasteiger partial charge on any atom is -0.423 e. The molecule has 70 valence electrons. The molecule has 0 atom stereocenters. The van der Waals surface area contributed by atoms with Gasteiger partial charge in [0.2, 0.25) is 0 Å². The van der Waals surface area contributed by atoms with Gasteiger partial charge in [-0.15, -0.1) is 6.58 Å². The van der Waals surface area contributed by atoms with Crippen molar-refractivity contribution < 1.29 is 4.42 Å². The topological polar surface area (TPSA) is 30.2 Å². The lowest BCUT2D eigenvalue weighted by Gasteiger charge is -2.01. The summed E-state index contributed by atoms with van der Waals surface area (Å²) in [6.07, 6.45) is 2.47. The number of fused-ring (bicyclic) bond motifs is 1. The van der Waals surface area contributed by atoms with Gasteiger partial charge in [0.1, 0.15) is 5.58 Å². The van der Waals surface area contributed by atoms with Gasteiger partial charge in [-0.3, -0.25) is 0 Å². The van der Waals surface area contributed by atoms with Crippen LogP contribution in [0.5, 0.6) is 0 Å². The lowest BCUT2D eigenvalue weighted by atomic mass is 10.1. The molecule has 0 amide bonds. The van der Waals surface area contributed by atoms with Crippen LogP contribution in [0.4, 0.5) is 0 Å². The van der Waals surface area contributed by atoms with E-state index in [1.165, 1.54) is 6.07 Å². The standard InChI is InChI=1S/C12H10O2/c1-2-5-9-8-12(13)14-11-7-4-3-6-10(9)11/h2-4,6-8H,1,5H2. The Hall–Kier alpha value is -1.83. The van der Waals surface area contributed by atoms with Gasteiger partial charge in [0, 0.05) is 11.5 Å². The fourth-order valence-corrected chi connectivity index (χ4v) is 1.50. The molecule has 0 radical (unpaired) electrons. The summed E-state index contributed by atoms with van der Waals surface area (Å²) < 4.78 is 5.06. The van der Waals surface area contributed by atoms with Crippen LogP contribution in [0.1, 0.15) is 5.56 Å². The first-order valence-corrected chi connectivity index (χ1v) is 4.44. The van der Waals surface area contributed by atoms with E-state index in [0.29, 0.717) is 12.0 Å². The first-order chi connectivity index (χ1) is 6.81. The minimum atomic E-state index is -0.305. The van der Waals surface area contributed by atoms with E-state index in [-0.39, 0.29) is 5.63 Å². The summed E-state index contributed by atoms with van der Waals surface area (Å²) in [7, 11) is 0. The average Bonchev–Trinajstić information content (AvgIpc) is 2.18. The van der Waals surface area contributed by atoms with E-state index < -0.39 is 0 Å². The molecule has 2 rings (SSSR count). The highest BCUT2D eigenvalue weighted by molar-refractivity contribution is 5.80.